The summed E-state index contributed by atoms with van der Waals surface area (Å²) in [6.07, 6.45) is 4.68. The number of hydrogen-bond acceptors (Lipinski definition) is 3. The molecule has 0 fully saturated rings. The van der Waals surface area contributed by atoms with Crippen LogP contribution in [0.15, 0.2) is 36.4 Å². The van der Waals surface area contributed by atoms with Gasteiger partial charge in [-0.25, -0.2) is 0 Å². The van der Waals surface area contributed by atoms with Gasteiger partial charge in [-0.05, 0) is 35.7 Å². The Kier molecular flexibility index (Phi) is 3.74. The van der Waals surface area contributed by atoms with Gasteiger partial charge in [-0.3, -0.25) is 9.59 Å². The molecule has 1 aliphatic heterocycles. The van der Waals surface area contributed by atoms with E-state index >= 15 is 0 Å². The zero-order valence-electron chi connectivity index (χ0n) is 12.1. The molecule has 1 amide bonds. The number of aryl methyl sites for hydroxylation is 1. The maximum Gasteiger partial charge on any atom is 0.262 e. The van der Waals surface area contributed by atoms with Crippen LogP contribution in [0.2, 0.25) is 0 Å². The molecule has 0 radical (unpaired) electrons. The molecule has 110 valence electrons. The fourth-order valence-corrected chi connectivity index (χ4v) is 2.42. The number of nitrogens with one attached hydrogen (secondary N) is 1. The van der Waals surface area contributed by atoms with Gasteiger partial charge in [0.2, 0.25) is 0 Å². The monoisotopic (exact) mass is 293 g/mol. The van der Waals surface area contributed by atoms with Crippen LogP contribution in [0.25, 0.3) is 12.2 Å². The zero-order valence-corrected chi connectivity index (χ0v) is 12.1. The summed E-state index contributed by atoms with van der Waals surface area (Å²) in [5, 5.41) is 2.78. The van der Waals surface area contributed by atoms with Gasteiger partial charge in [0.05, 0.1) is 5.69 Å². The molecule has 0 saturated carbocycles. The summed E-state index contributed by atoms with van der Waals surface area (Å²) in [5.41, 5.74) is 4.18. The van der Waals surface area contributed by atoms with E-state index in [2.05, 4.69) is 5.32 Å². The van der Waals surface area contributed by atoms with Crippen LogP contribution in [0.1, 0.15) is 27.0 Å². The number of benzene rings is 2. The van der Waals surface area contributed by atoms with E-state index < -0.39 is 0 Å². The Labute approximate surface area is 128 Å². The topological polar surface area (TPSA) is 55.4 Å². The highest BCUT2D eigenvalue weighted by Crippen LogP contribution is 2.29. The standard InChI is InChI=1S/C18H15NO3/c1-12-3-2-4-14(10-20)15(12)7-5-13-6-8-17-16(9-13)19-18(21)11-22-17/h2-10H,11H2,1H3,(H,19,21). The van der Waals surface area contributed by atoms with Gasteiger partial charge in [-0.2, -0.15) is 0 Å². The number of carbonyl (C=O) groups excluding carboxylic acids is 2. The van der Waals surface area contributed by atoms with Gasteiger partial charge in [-0.1, -0.05) is 36.4 Å². The van der Waals surface area contributed by atoms with Crippen LogP contribution in [-0.2, 0) is 4.79 Å². The summed E-state index contributed by atoms with van der Waals surface area (Å²) >= 11 is 0. The molecule has 4 heteroatoms. The van der Waals surface area contributed by atoms with Crippen molar-refractivity contribution in [2.24, 2.45) is 0 Å². The molecule has 0 bridgehead atoms. The largest absolute Gasteiger partial charge is 0.482 e. The van der Waals surface area contributed by atoms with E-state index in [-0.39, 0.29) is 12.5 Å². The third-order valence-electron chi connectivity index (χ3n) is 3.56. The molecule has 2 aromatic rings. The Hall–Kier alpha value is -2.88. The van der Waals surface area contributed by atoms with Crippen molar-refractivity contribution in [3.05, 3.63) is 58.7 Å². The van der Waals surface area contributed by atoms with Gasteiger partial charge in [0.25, 0.3) is 5.91 Å². The van der Waals surface area contributed by atoms with Gasteiger partial charge < -0.3 is 10.1 Å². The van der Waals surface area contributed by atoms with Crippen molar-refractivity contribution < 1.29 is 14.3 Å². The molecule has 3 rings (SSSR count). The number of aldehydes is 1. The summed E-state index contributed by atoms with van der Waals surface area (Å²) < 4.78 is 5.33. The first-order valence-electron chi connectivity index (χ1n) is 6.97. The lowest BCUT2D eigenvalue weighted by atomic mass is 10.0. The third kappa shape index (κ3) is 2.76. The van der Waals surface area contributed by atoms with Gasteiger partial charge >= 0.3 is 0 Å². The predicted molar refractivity (Wildman–Crippen MR) is 86.1 cm³/mol. The number of ether oxygens (including phenoxy) is 1. The van der Waals surface area contributed by atoms with Gasteiger partial charge in [-0.15, -0.1) is 0 Å². The number of carbonyl (C=O) groups is 2. The second-order valence-electron chi connectivity index (χ2n) is 5.12. The molecule has 0 unspecified atom stereocenters. The van der Waals surface area contributed by atoms with Crippen LogP contribution in [0, 0.1) is 6.92 Å². The fraction of sp³-hybridized carbons (Fsp3) is 0.111. The maximum absolute atomic E-state index is 11.4. The van der Waals surface area contributed by atoms with E-state index in [9.17, 15) is 9.59 Å². The summed E-state index contributed by atoms with van der Waals surface area (Å²) in [4.78, 5) is 22.5. The number of anilines is 1. The lowest BCUT2D eigenvalue weighted by Crippen LogP contribution is -2.25. The highest BCUT2D eigenvalue weighted by molar-refractivity contribution is 5.96. The first-order valence-corrected chi connectivity index (χ1v) is 6.97. The lowest BCUT2D eigenvalue weighted by molar-refractivity contribution is -0.118. The third-order valence-corrected chi connectivity index (χ3v) is 3.56. The van der Waals surface area contributed by atoms with Crippen molar-refractivity contribution in [3.8, 4) is 5.75 Å². The minimum Gasteiger partial charge on any atom is -0.482 e. The minimum atomic E-state index is -0.157. The van der Waals surface area contributed by atoms with Crippen molar-refractivity contribution in [2.45, 2.75) is 6.92 Å². The van der Waals surface area contributed by atoms with E-state index in [1.165, 1.54) is 0 Å². The Morgan fingerprint density at radius 2 is 2.05 bits per heavy atom. The Bertz CT molecular complexity index is 778. The van der Waals surface area contributed by atoms with E-state index in [0.717, 1.165) is 23.0 Å². The van der Waals surface area contributed by atoms with Gasteiger partial charge in [0.1, 0.15) is 5.75 Å². The van der Waals surface area contributed by atoms with Gasteiger partial charge in [0.15, 0.2) is 12.9 Å². The SMILES string of the molecule is Cc1cccc(C=O)c1C=Cc1ccc2c(c1)NC(=O)CO2. The van der Waals surface area contributed by atoms with Crippen molar-refractivity contribution >= 4 is 30.0 Å². The fourth-order valence-electron chi connectivity index (χ4n) is 2.42. The first-order chi connectivity index (χ1) is 10.7. The highest BCUT2D eigenvalue weighted by atomic mass is 16.5. The molecule has 0 atom stereocenters. The number of fused-ring (bicyclic) bond motifs is 1. The predicted octanol–water partition coefficient (Wildman–Crippen LogP) is 3.31. The summed E-state index contributed by atoms with van der Waals surface area (Å²) in [6, 6.07) is 11.2. The number of amides is 1. The molecule has 0 spiro atoms. The molecule has 0 aromatic heterocycles. The summed E-state index contributed by atoms with van der Waals surface area (Å²) in [6.45, 7) is 2.02. The first kappa shape index (κ1) is 14.1. The van der Waals surface area contributed by atoms with E-state index in [1.807, 2.05) is 49.4 Å². The molecule has 2 aromatic carbocycles. The molecule has 0 aliphatic carbocycles. The van der Waals surface area contributed by atoms with E-state index in [0.29, 0.717) is 17.0 Å². The van der Waals surface area contributed by atoms with Crippen molar-refractivity contribution in [1.82, 2.24) is 0 Å². The molecule has 1 aliphatic rings. The number of hydrogen-bond donors (Lipinski definition) is 1. The molecule has 0 saturated heterocycles. The highest BCUT2D eigenvalue weighted by Gasteiger charge is 2.15. The quantitative estimate of drug-likeness (QED) is 0.697. The molecular weight excluding hydrogens is 278 g/mol. The second kappa shape index (κ2) is 5.85. The second-order valence-corrected chi connectivity index (χ2v) is 5.12. The molecular formula is C18H15NO3. The summed E-state index contributed by atoms with van der Waals surface area (Å²) in [5.74, 6) is 0.511. The van der Waals surface area contributed by atoms with Crippen molar-refractivity contribution in [1.29, 1.82) is 0 Å². The zero-order chi connectivity index (χ0) is 15.5. The minimum absolute atomic E-state index is 0.0497. The van der Waals surface area contributed by atoms with Crippen molar-refractivity contribution in [3.63, 3.8) is 0 Å². The number of rotatable bonds is 3. The Balaban J connectivity index is 1.92. The molecule has 22 heavy (non-hydrogen) atoms. The van der Waals surface area contributed by atoms with Crippen LogP contribution in [0.3, 0.4) is 0 Å². The van der Waals surface area contributed by atoms with Crippen molar-refractivity contribution in [2.75, 3.05) is 11.9 Å². The molecule has 1 N–H and O–H groups in total. The summed E-state index contributed by atoms with van der Waals surface area (Å²) in [7, 11) is 0. The van der Waals surface area contributed by atoms with Crippen LogP contribution in [0.5, 0.6) is 5.75 Å². The van der Waals surface area contributed by atoms with Gasteiger partial charge in [0, 0.05) is 5.56 Å². The lowest BCUT2D eigenvalue weighted by Gasteiger charge is -2.17. The van der Waals surface area contributed by atoms with Crippen LogP contribution in [-0.4, -0.2) is 18.8 Å². The Morgan fingerprint density at radius 1 is 1.18 bits per heavy atom. The smallest absolute Gasteiger partial charge is 0.262 e. The van der Waals surface area contributed by atoms with E-state index in [1.54, 1.807) is 6.07 Å². The maximum atomic E-state index is 11.4. The van der Waals surface area contributed by atoms with Crippen LogP contribution < -0.4 is 10.1 Å². The molecule has 1 heterocycles. The average Bonchev–Trinajstić information content (AvgIpc) is 2.53. The molecule has 4 nitrogen and oxygen atoms in total. The average molecular weight is 293 g/mol. The van der Waals surface area contributed by atoms with E-state index in [4.69, 9.17) is 4.74 Å². The van der Waals surface area contributed by atoms with Crippen LogP contribution in [0.4, 0.5) is 5.69 Å². The van der Waals surface area contributed by atoms with Crippen LogP contribution >= 0.6 is 0 Å². The Morgan fingerprint density at radius 3 is 2.86 bits per heavy atom. The normalized spacial score (nSPS) is 13.4.